The zero-order valence-corrected chi connectivity index (χ0v) is 12.5. The molecule has 0 N–H and O–H groups in total. The molecule has 110 valence electrons. The lowest BCUT2D eigenvalue weighted by atomic mass is 10.1. The highest BCUT2D eigenvalue weighted by Gasteiger charge is 2.30. The summed E-state index contributed by atoms with van der Waals surface area (Å²) in [4.78, 5) is 13.6. The highest BCUT2D eigenvalue weighted by Crippen LogP contribution is 2.36. The molecule has 1 aromatic heterocycles. The van der Waals surface area contributed by atoms with E-state index in [1.807, 2.05) is 12.1 Å². The van der Waals surface area contributed by atoms with Gasteiger partial charge in [-0.2, -0.15) is 10.5 Å². The summed E-state index contributed by atoms with van der Waals surface area (Å²) in [6, 6.07) is 8.95. The first-order chi connectivity index (χ1) is 11.2. The average molecular weight is 322 g/mol. The van der Waals surface area contributed by atoms with Crippen LogP contribution < -0.4 is 0 Å². The van der Waals surface area contributed by atoms with Crippen LogP contribution in [-0.2, 0) is 4.84 Å². The number of rotatable bonds is 3. The van der Waals surface area contributed by atoms with Crippen molar-refractivity contribution in [2.24, 2.45) is 5.16 Å². The monoisotopic (exact) mass is 321 g/mol. The number of oxime groups is 1. The Kier molecular flexibility index (Phi) is 3.76. The first-order valence-electron chi connectivity index (χ1n) is 6.53. The van der Waals surface area contributed by atoms with Crippen LogP contribution in [0.4, 0.5) is 0 Å². The molecule has 2 aromatic rings. The summed E-state index contributed by atoms with van der Waals surface area (Å²) < 4.78 is 0. The summed E-state index contributed by atoms with van der Waals surface area (Å²) in [5.74, 6) is 0. The number of hydrogen-bond acceptors (Lipinski definition) is 6. The summed E-state index contributed by atoms with van der Waals surface area (Å²) in [5.41, 5.74) is 2.64. The van der Waals surface area contributed by atoms with Gasteiger partial charge in [0.15, 0.2) is 11.4 Å². The second kappa shape index (κ2) is 5.88. The predicted molar refractivity (Wildman–Crippen MR) is 83.7 cm³/mol. The lowest BCUT2D eigenvalue weighted by Gasteiger charge is -2.01. The topological polar surface area (TPSA) is 95.0 Å². The Morgan fingerprint density at radius 2 is 1.87 bits per heavy atom. The molecular formula is C16H8ClN5O. The van der Waals surface area contributed by atoms with Gasteiger partial charge in [-0.25, -0.2) is 9.97 Å². The molecule has 0 spiro atoms. The third-order valence-corrected chi connectivity index (χ3v) is 3.41. The SMILES string of the molecule is C=CCON=C1c2cc(Cl)ccc2-c2nc(C#N)c(C#N)nc21. The fraction of sp³-hybridized carbons (Fsp3) is 0.0625. The molecule has 0 radical (unpaired) electrons. The maximum absolute atomic E-state index is 9.13. The Labute approximate surface area is 136 Å². The van der Waals surface area contributed by atoms with Gasteiger partial charge in [0, 0.05) is 16.1 Å². The maximum atomic E-state index is 9.13. The molecule has 0 saturated carbocycles. The summed E-state index contributed by atoms with van der Waals surface area (Å²) >= 11 is 6.05. The predicted octanol–water partition coefficient (Wildman–Crippen LogP) is 2.81. The first-order valence-corrected chi connectivity index (χ1v) is 6.91. The van der Waals surface area contributed by atoms with Gasteiger partial charge >= 0.3 is 0 Å². The van der Waals surface area contributed by atoms with Crippen molar-refractivity contribution in [2.75, 3.05) is 6.61 Å². The van der Waals surface area contributed by atoms with E-state index in [1.165, 1.54) is 0 Å². The smallest absolute Gasteiger partial charge is 0.177 e. The highest BCUT2D eigenvalue weighted by molar-refractivity contribution is 6.32. The zero-order chi connectivity index (χ0) is 16.4. The Morgan fingerprint density at radius 1 is 1.17 bits per heavy atom. The summed E-state index contributed by atoms with van der Waals surface area (Å²) in [7, 11) is 0. The molecule has 0 fully saturated rings. The molecule has 0 unspecified atom stereocenters. The van der Waals surface area contributed by atoms with Crippen molar-refractivity contribution in [1.29, 1.82) is 10.5 Å². The Balaban J connectivity index is 2.27. The summed E-state index contributed by atoms with van der Waals surface area (Å²) in [6.07, 6.45) is 1.56. The molecule has 0 amide bonds. The number of nitriles is 2. The van der Waals surface area contributed by atoms with Crippen LogP contribution in [0.15, 0.2) is 36.0 Å². The quantitative estimate of drug-likeness (QED) is 0.420. The Morgan fingerprint density at radius 3 is 2.52 bits per heavy atom. The molecule has 3 rings (SSSR count). The van der Waals surface area contributed by atoms with Crippen LogP contribution in [0.2, 0.25) is 5.02 Å². The number of hydrogen-bond donors (Lipinski definition) is 0. The largest absolute Gasteiger partial charge is 0.391 e. The standard InChI is InChI=1S/C16H8ClN5O/c1-2-5-23-22-15-11-6-9(17)3-4-10(11)14-16(15)21-13(8-19)12(7-18)20-14/h2-4,6H,1,5H2. The Bertz CT molecular complexity index is 937. The van der Waals surface area contributed by atoms with Gasteiger partial charge in [0.1, 0.15) is 35.8 Å². The number of benzene rings is 1. The van der Waals surface area contributed by atoms with Gasteiger partial charge in [0.2, 0.25) is 0 Å². The Hall–Kier alpha value is -3.22. The van der Waals surface area contributed by atoms with E-state index in [9.17, 15) is 0 Å². The van der Waals surface area contributed by atoms with Crippen LogP contribution >= 0.6 is 11.6 Å². The van der Waals surface area contributed by atoms with Gasteiger partial charge in [0.25, 0.3) is 0 Å². The molecule has 1 aliphatic carbocycles. The normalized spacial score (nSPS) is 12.9. The van der Waals surface area contributed by atoms with E-state index in [4.69, 9.17) is 27.0 Å². The number of fused-ring (bicyclic) bond motifs is 3. The fourth-order valence-electron chi connectivity index (χ4n) is 2.24. The minimum atomic E-state index is -0.0541. The van der Waals surface area contributed by atoms with Gasteiger partial charge in [-0.15, -0.1) is 0 Å². The minimum Gasteiger partial charge on any atom is -0.391 e. The second-order valence-electron chi connectivity index (χ2n) is 4.56. The van der Waals surface area contributed by atoms with Crippen molar-refractivity contribution >= 4 is 17.3 Å². The van der Waals surface area contributed by atoms with Gasteiger partial charge in [-0.1, -0.05) is 35.5 Å². The van der Waals surface area contributed by atoms with E-state index in [-0.39, 0.29) is 18.0 Å². The summed E-state index contributed by atoms with van der Waals surface area (Å²) in [6.45, 7) is 3.78. The van der Waals surface area contributed by atoms with Gasteiger partial charge in [0.05, 0.1) is 0 Å². The molecule has 23 heavy (non-hydrogen) atoms. The molecule has 7 heteroatoms. The zero-order valence-electron chi connectivity index (χ0n) is 11.7. The molecule has 1 aliphatic rings. The second-order valence-corrected chi connectivity index (χ2v) is 4.99. The van der Waals surface area contributed by atoms with E-state index in [2.05, 4.69) is 21.7 Å². The number of nitrogens with zero attached hydrogens (tertiary/aromatic N) is 5. The molecule has 1 aromatic carbocycles. The van der Waals surface area contributed by atoms with Gasteiger partial charge in [-0.3, -0.25) is 0 Å². The van der Waals surface area contributed by atoms with Crippen molar-refractivity contribution in [3.05, 3.63) is 58.5 Å². The maximum Gasteiger partial charge on any atom is 0.177 e. The number of aromatic nitrogens is 2. The minimum absolute atomic E-state index is 0.0274. The van der Waals surface area contributed by atoms with Crippen LogP contribution in [0.3, 0.4) is 0 Å². The van der Waals surface area contributed by atoms with Crippen molar-refractivity contribution in [2.45, 2.75) is 0 Å². The first kappa shape index (κ1) is 14.7. The average Bonchev–Trinajstić information content (AvgIpc) is 2.86. The molecule has 6 nitrogen and oxygen atoms in total. The van der Waals surface area contributed by atoms with Gasteiger partial charge in [-0.05, 0) is 12.1 Å². The highest BCUT2D eigenvalue weighted by atomic mass is 35.5. The third kappa shape index (κ3) is 2.42. The molecule has 0 aliphatic heterocycles. The van der Waals surface area contributed by atoms with Crippen LogP contribution in [0, 0.1) is 22.7 Å². The van der Waals surface area contributed by atoms with Crippen LogP contribution in [0.25, 0.3) is 11.3 Å². The van der Waals surface area contributed by atoms with E-state index >= 15 is 0 Å². The fourth-order valence-corrected chi connectivity index (χ4v) is 2.41. The van der Waals surface area contributed by atoms with Crippen LogP contribution in [-0.4, -0.2) is 22.3 Å². The molecule has 1 heterocycles. The van der Waals surface area contributed by atoms with Crippen molar-refractivity contribution in [3.63, 3.8) is 0 Å². The lowest BCUT2D eigenvalue weighted by molar-refractivity contribution is 0.175. The van der Waals surface area contributed by atoms with E-state index < -0.39 is 0 Å². The molecule has 0 saturated heterocycles. The van der Waals surface area contributed by atoms with Crippen molar-refractivity contribution < 1.29 is 4.84 Å². The third-order valence-electron chi connectivity index (χ3n) is 3.17. The lowest BCUT2D eigenvalue weighted by Crippen LogP contribution is -2.06. The number of halogens is 1. The van der Waals surface area contributed by atoms with Crippen molar-refractivity contribution in [1.82, 2.24) is 9.97 Å². The van der Waals surface area contributed by atoms with Crippen molar-refractivity contribution in [3.8, 4) is 23.4 Å². The van der Waals surface area contributed by atoms with Crippen LogP contribution in [0.5, 0.6) is 0 Å². The van der Waals surface area contributed by atoms with Crippen LogP contribution in [0.1, 0.15) is 22.6 Å². The molecular weight excluding hydrogens is 314 g/mol. The van der Waals surface area contributed by atoms with E-state index in [0.29, 0.717) is 27.7 Å². The van der Waals surface area contributed by atoms with E-state index in [1.54, 1.807) is 24.3 Å². The molecule has 0 atom stereocenters. The summed E-state index contributed by atoms with van der Waals surface area (Å²) in [5, 5.41) is 22.8. The molecule has 0 bridgehead atoms. The van der Waals surface area contributed by atoms with Gasteiger partial charge < -0.3 is 4.84 Å². The van der Waals surface area contributed by atoms with E-state index in [0.717, 1.165) is 5.56 Å².